The predicted octanol–water partition coefficient (Wildman–Crippen LogP) is 2.39. The van der Waals surface area contributed by atoms with Crippen LogP contribution in [0.1, 0.15) is 25.7 Å². The maximum absolute atomic E-state index is 13.6. The molecule has 2 aliphatic rings. The van der Waals surface area contributed by atoms with Crippen molar-refractivity contribution in [2.24, 2.45) is 0 Å². The van der Waals surface area contributed by atoms with Gasteiger partial charge in [0.05, 0.1) is 5.25 Å². The second-order valence-electron chi connectivity index (χ2n) is 6.17. The lowest BCUT2D eigenvalue weighted by Crippen LogP contribution is -2.63. The Morgan fingerprint density at radius 2 is 1.38 bits per heavy atom. The highest BCUT2D eigenvalue weighted by atomic mass is 32.2. The fourth-order valence-electron chi connectivity index (χ4n) is 3.28. The van der Waals surface area contributed by atoms with Crippen LogP contribution >= 0.6 is 0 Å². The highest BCUT2D eigenvalue weighted by Gasteiger charge is 2.77. The first kappa shape index (κ1) is 19.3. The van der Waals surface area contributed by atoms with E-state index in [-0.39, 0.29) is 25.7 Å². The molecule has 0 saturated carbocycles. The van der Waals surface area contributed by atoms with Crippen LogP contribution in [0.25, 0.3) is 0 Å². The molecular weight excluding hydrogens is 371 g/mol. The molecule has 0 N–H and O–H groups in total. The third-order valence-electron chi connectivity index (χ3n) is 4.55. The lowest BCUT2D eigenvalue weighted by molar-refractivity contribution is -0.346. The van der Waals surface area contributed by atoms with E-state index in [0.29, 0.717) is 4.90 Å². The summed E-state index contributed by atoms with van der Waals surface area (Å²) in [5.41, 5.74) is 0. The van der Waals surface area contributed by atoms with E-state index in [1.54, 1.807) is 0 Å². The van der Waals surface area contributed by atoms with Crippen molar-refractivity contribution in [3.05, 3.63) is 0 Å². The predicted molar refractivity (Wildman–Crippen MR) is 67.5 cm³/mol. The van der Waals surface area contributed by atoms with Gasteiger partial charge >= 0.3 is 23.9 Å². The highest BCUT2D eigenvalue weighted by molar-refractivity contribution is 7.91. The zero-order chi connectivity index (χ0) is 18.7. The molecule has 0 aromatic carbocycles. The summed E-state index contributed by atoms with van der Waals surface area (Å²) in [6, 6.07) is -2.18. The normalized spacial score (nSPS) is 29.0. The monoisotopic (exact) mass is 385 g/mol. The van der Waals surface area contributed by atoms with E-state index < -0.39 is 51.1 Å². The summed E-state index contributed by atoms with van der Waals surface area (Å²) in [6.07, 6.45) is -6.02. The zero-order valence-corrected chi connectivity index (χ0v) is 13.1. The molecular formula is C12H14F7NO3S. The zero-order valence-electron chi connectivity index (χ0n) is 12.3. The Kier molecular flexibility index (Phi) is 4.38. The van der Waals surface area contributed by atoms with Gasteiger partial charge in [0.15, 0.2) is 0 Å². The number of sulfone groups is 1. The van der Waals surface area contributed by atoms with Gasteiger partial charge in [0, 0.05) is 18.3 Å². The number of amides is 1. The first-order valence-electron chi connectivity index (χ1n) is 6.94. The molecule has 0 spiro atoms. The summed E-state index contributed by atoms with van der Waals surface area (Å²) in [6.45, 7) is 0. The quantitative estimate of drug-likeness (QED) is 0.701. The summed E-state index contributed by atoms with van der Waals surface area (Å²) in [5, 5.41) is -0.934. The van der Waals surface area contributed by atoms with Gasteiger partial charge in [-0.1, -0.05) is 0 Å². The first-order chi connectivity index (χ1) is 10.6. The van der Waals surface area contributed by atoms with Crippen molar-refractivity contribution in [3.63, 3.8) is 0 Å². The molecule has 12 heteroatoms. The average molecular weight is 385 g/mol. The molecule has 2 aliphatic heterocycles. The average Bonchev–Trinajstić information content (AvgIpc) is 2.64. The van der Waals surface area contributed by atoms with Gasteiger partial charge in [-0.3, -0.25) is 4.79 Å². The molecule has 2 saturated heterocycles. The third-order valence-corrected chi connectivity index (χ3v) is 6.14. The Labute approximate surface area is 132 Å². The minimum absolute atomic E-state index is 0.0795. The van der Waals surface area contributed by atoms with E-state index in [0.717, 1.165) is 6.26 Å². The molecule has 1 amide bonds. The summed E-state index contributed by atoms with van der Waals surface area (Å²) in [4.78, 5) is 12.1. The van der Waals surface area contributed by atoms with Gasteiger partial charge in [-0.15, -0.1) is 0 Å². The van der Waals surface area contributed by atoms with Crippen molar-refractivity contribution in [3.8, 4) is 0 Å². The van der Waals surface area contributed by atoms with Gasteiger partial charge in [-0.05, 0) is 25.7 Å². The lowest BCUT2D eigenvalue weighted by Gasteiger charge is -2.41. The van der Waals surface area contributed by atoms with Crippen LogP contribution in [-0.4, -0.2) is 60.8 Å². The standard InChI is InChI=1S/C12H14F7NO3S/c1-24(22,23)8-4-6-2-3-7(5-8)20(6)9(21)10(13,14)11(15,16)12(17,18)19/h6-8H,2-5H2,1H3. The Morgan fingerprint density at radius 3 is 1.71 bits per heavy atom. The molecule has 0 aromatic rings. The van der Waals surface area contributed by atoms with E-state index >= 15 is 0 Å². The van der Waals surface area contributed by atoms with Crippen LogP contribution in [-0.2, 0) is 14.6 Å². The maximum atomic E-state index is 13.6. The molecule has 0 aromatic heterocycles. The number of piperidine rings is 1. The molecule has 4 nitrogen and oxygen atoms in total. The third kappa shape index (κ3) is 2.86. The topological polar surface area (TPSA) is 54.5 Å². The number of carbonyl (C=O) groups excluding carboxylic acids is 1. The van der Waals surface area contributed by atoms with Crippen LogP contribution in [0, 0.1) is 0 Å². The largest absolute Gasteiger partial charge is 0.460 e. The van der Waals surface area contributed by atoms with Gasteiger partial charge in [-0.2, -0.15) is 30.7 Å². The SMILES string of the molecule is CS(=O)(=O)C1CC2CCC(C1)N2C(=O)C(F)(F)C(F)(F)C(F)(F)F. The Balaban J connectivity index is 2.29. The number of hydrogen-bond acceptors (Lipinski definition) is 3. The van der Waals surface area contributed by atoms with Gasteiger partial charge in [0.1, 0.15) is 9.84 Å². The van der Waals surface area contributed by atoms with Crippen LogP contribution in [0.15, 0.2) is 0 Å². The number of alkyl halides is 7. The molecule has 0 radical (unpaired) electrons. The van der Waals surface area contributed by atoms with Crippen LogP contribution in [0.2, 0.25) is 0 Å². The fourth-order valence-corrected chi connectivity index (χ4v) is 4.43. The molecule has 2 fully saturated rings. The minimum atomic E-state index is -6.59. The minimum Gasteiger partial charge on any atom is -0.331 e. The number of fused-ring (bicyclic) bond motifs is 2. The summed E-state index contributed by atoms with van der Waals surface area (Å²) in [5.74, 6) is -15.1. The van der Waals surface area contributed by atoms with E-state index in [1.807, 2.05) is 0 Å². The molecule has 2 bridgehead atoms. The van der Waals surface area contributed by atoms with E-state index in [1.165, 1.54) is 0 Å². The summed E-state index contributed by atoms with van der Waals surface area (Å²) < 4.78 is 113. The molecule has 0 aliphatic carbocycles. The van der Waals surface area contributed by atoms with Crippen molar-refractivity contribution < 1.29 is 43.9 Å². The van der Waals surface area contributed by atoms with Gasteiger partial charge < -0.3 is 4.90 Å². The number of carbonyl (C=O) groups is 1. The molecule has 2 rings (SSSR count). The lowest BCUT2D eigenvalue weighted by atomic mass is 9.99. The van der Waals surface area contributed by atoms with Crippen molar-refractivity contribution in [1.82, 2.24) is 4.90 Å². The smallest absolute Gasteiger partial charge is 0.331 e. The summed E-state index contributed by atoms with van der Waals surface area (Å²) >= 11 is 0. The maximum Gasteiger partial charge on any atom is 0.460 e. The Hall–Kier alpha value is -1.07. The Bertz CT molecular complexity index is 617. The van der Waals surface area contributed by atoms with Crippen molar-refractivity contribution in [1.29, 1.82) is 0 Å². The first-order valence-corrected chi connectivity index (χ1v) is 8.90. The second kappa shape index (κ2) is 5.46. The van der Waals surface area contributed by atoms with Crippen LogP contribution in [0.3, 0.4) is 0 Å². The molecule has 24 heavy (non-hydrogen) atoms. The number of hydrogen-bond donors (Lipinski definition) is 0. The number of rotatable bonds is 3. The van der Waals surface area contributed by atoms with Crippen molar-refractivity contribution in [2.45, 2.75) is 61.0 Å². The van der Waals surface area contributed by atoms with E-state index in [4.69, 9.17) is 0 Å². The summed E-state index contributed by atoms with van der Waals surface area (Å²) in [7, 11) is -3.54. The van der Waals surface area contributed by atoms with Gasteiger partial charge in [0.2, 0.25) is 0 Å². The molecule has 2 unspecified atom stereocenters. The fraction of sp³-hybridized carbons (Fsp3) is 0.917. The van der Waals surface area contributed by atoms with Crippen molar-refractivity contribution >= 4 is 15.7 Å². The van der Waals surface area contributed by atoms with Crippen LogP contribution < -0.4 is 0 Å². The Morgan fingerprint density at radius 1 is 0.958 bits per heavy atom. The highest BCUT2D eigenvalue weighted by Crippen LogP contribution is 2.49. The number of nitrogens with zero attached hydrogens (tertiary/aromatic N) is 1. The second-order valence-corrected chi connectivity index (χ2v) is 8.49. The molecule has 2 heterocycles. The van der Waals surface area contributed by atoms with Crippen molar-refractivity contribution in [2.75, 3.05) is 6.26 Å². The van der Waals surface area contributed by atoms with E-state index in [9.17, 15) is 43.9 Å². The number of halogens is 7. The molecule has 140 valence electrons. The van der Waals surface area contributed by atoms with E-state index in [2.05, 4.69) is 0 Å². The van der Waals surface area contributed by atoms with Gasteiger partial charge in [0.25, 0.3) is 0 Å². The molecule has 2 atom stereocenters. The van der Waals surface area contributed by atoms with Gasteiger partial charge in [-0.25, -0.2) is 8.42 Å². The van der Waals surface area contributed by atoms with Crippen LogP contribution in [0.4, 0.5) is 30.7 Å². The van der Waals surface area contributed by atoms with Crippen LogP contribution in [0.5, 0.6) is 0 Å².